The van der Waals surface area contributed by atoms with E-state index in [1.165, 1.54) is 24.9 Å². The van der Waals surface area contributed by atoms with Gasteiger partial charge in [0.15, 0.2) is 0 Å². The Morgan fingerprint density at radius 1 is 1.10 bits per heavy atom. The van der Waals surface area contributed by atoms with E-state index in [1.54, 1.807) is 0 Å². The van der Waals surface area contributed by atoms with Crippen molar-refractivity contribution in [3.8, 4) is 0 Å². The molecule has 2 saturated carbocycles. The van der Waals surface area contributed by atoms with Crippen molar-refractivity contribution in [3.63, 3.8) is 0 Å². The molecule has 5 nitrogen and oxygen atoms in total. The standard InChI is InChI=1S/C25H34N2O3/c1-24-8-5-9-25(17-29-25)22(24)14-19-20(23(28)30-21(19)15-24)16-26-10-12-27(13-11-26)18-6-3-2-4-7-18/h2-4,6-7,19-22H,5,8-17H2,1H3/t19-,20-,21-,22+,24-,25+/m1/s1. The van der Waals surface area contributed by atoms with Gasteiger partial charge in [-0.3, -0.25) is 9.69 Å². The van der Waals surface area contributed by atoms with Crippen LogP contribution in [-0.4, -0.2) is 61.9 Å². The normalized spacial score (nSPS) is 43.2. The lowest BCUT2D eigenvalue weighted by atomic mass is 9.53. The Bertz CT molecular complexity index is 802. The molecule has 0 N–H and O–H groups in total. The van der Waals surface area contributed by atoms with E-state index in [4.69, 9.17) is 9.47 Å². The van der Waals surface area contributed by atoms with Gasteiger partial charge in [-0.1, -0.05) is 25.1 Å². The number of hydrogen-bond acceptors (Lipinski definition) is 5. The Kier molecular flexibility index (Phi) is 4.44. The molecular formula is C25H34N2O3. The quantitative estimate of drug-likeness (QED) is 0.565. The minimum Gasteiger partial charge on any atom is -0.462 e. The molecule has 5 aliphatic rings. The summed E-state index contributed by atoms with van der Waals surface area (Å²) in [4.78, 5) is 17.8. The van der Waals surface area contributed by atoms with Crippen molar-refractivity contribution in [2.24, 2.45) is 23.2 Å². The van der Waals surface area contributed by atoms with Gasteiger partial charge >= 0.3 is 5.97 Å². The van der Waals surface area contributed by atoms with Crippen LogP contribution in [0.5, 0.6) is 0 Å². The third kappa shape index (κ3) is 3.08. The Hall–Kier alpha value is -1.59. The van der Waals surface area contributed by atoms with Crippen LogP contribution in [0.2, 0.25) is 0 Å². The van der Waals surface area contributed by atoms with E-state index < -0.39 is 0 Å². The van der Waals surface area contributed by atoms with E-state index in [2.05, 4.69) is 47.1 Å². The summed E-state index contributed by atoms with van der Waals surface area (Å²) in [6.07, 6.45) is 6.01. The Labute approximate surface area is 179 Å². The number of para-hydroxylation sites is 1. The first-order valence-electron chi connectivity index (χ1n) is 11.9. The zero-order valence-electron chi connectivity index (χ0n) is 18.1. The molecule has 1 aromatic carbocycles. The number of rotatable bonds is 3. The summed E-state index contributed by atoms with van der Waals surface area (Å²) in [5.74, 6) is 1.08. The summed E-state index contributed by atoms with van der Waals surface area (Å²) in [6, 6.07) is 10.7. The summed E-state index contributed by atoms with van der Waals surface area (Å²) >= 11 is 0. The molecule has 0 bridgehead atoms. The lowest BCUT2D eigenvalue weighted by Gasteiger charge is -2.51. The van der Waals surface area contributed by atoms with Gasteiger partial charge in [0, 0.05) is 44.3 Å². The van der Waals surface area contributed by atoms with Crippen LogP contribution in [0.25, 0.3) is 0 Å². The number of nitrogens with zero attached hydrogens (tertiary/aromatic N) is 2. The van der Waals surface area contributed by atoms with Crippen LogP contribution in [0.1, 0.15) is 39.0 Å². The number of esters is 1. The summed E-state index contributed by atoms with van der Waals surface area (Å²) in [5.41, 5.74) is 1.72. The number of ether oxygens (including phenoxy) is 2. The van der Waals surface area contributed by atoms with Crippen LogP contribution in [0.15, 0.2) is 30.3 Å². The Morgan fingerprint density at radius 3 is 2.60 bits per heavy atom. The maximum absolute atomic E-state index is 12.9. The summed E-state index contributed by atoms with van der Waals surface area (Å²) in [6.45, 7) is 8.31. The molecule has 6 atom stereocenters. The van der Waals surface area contributed by atoms with E-state index in [-0.39, 0.29) is 29.0 Å². The fourth-order valence-corrected chi connectivity index (χ4v) is 7.27. The number of epoxide rings is 1. The lowest BCUT2D eigenvalue weighted by Crippen LogP contribution is -2.52. The van der Waals surface area contributed by atoms with Crippen molar-refractivity contribution in [1.82, 2.24) is 4.90 Å². The molecule has 1 spiro atoms. The fraction of sp³-hybridized carbons (Fsp3) is 0.720. The zero-order valence-corrected chi connectivity index (χ0v) is 18.1. The molecule has 1 aromatic rings. The molecule has 3 saturated heterocycles. The van der Waals surface area contributed by atoms with Crippen LogP contribution in [0.3, 0.4) is 0 Å². The van der Waals surface area contributed by atoms with Crippen molar-refractivity contribution in [2.75, 3.05) is 44.2 Å². The van der Waals surface area contributed by atoms with Gasteiger partial charge in [0.1, 0.15) is 6.10 Å². The maximum Gasteiger partial charge on any atom is 0.310 e. The molecule has 0 aromatic heterocycles. The predicted molar refractivity (Wildman–Crippen MR) is 115 cm³/mol. The second-order valence-electron chi connectivity index (χ2n) is 10.7. The van der Waals surface area contributed by atoms with Crippen molar-refractivity contribution in [2.45, 2.75) is 50.7 Å². The Balaban J connectivity index is 1.12. The van der Waals surface area contributed by atoms with E-state index in [1.807, 2.05) is 0 Å². The third-order valence-electron chi connectivity index (χ3n) is 9.03. The van der Waals surface area contributed by atoms with Gasteiger partial charge in [-0.05, 0) is 55.6 Å². The van der Waals surface area contributed by atoms with Gasteiger partial charge in [-0.15, -0.1) is 0 Å². The third-order valence-corrected chi connectivity index (χ3v) is 9.03. The highest BCUT2D eigenvalue weighted by Gasteiger charge is 2.65. The molecule has 6 rings (SSSR count). The molecule has 3 aliphatic heterocycles. The van der Waals surface area contributed by atoms with E-state index in [9.17, 15) is 4.79 Å². The van der Waals surface area contributed by atoms with Crippen molar-refractivity contribution in [1.29, 1.82) is 0 Å². The molecule has 5 heteroatoms. The van der Waals surface area contributed by atoms with Gasteiger partial charge in [0.05, 0.1) is 18.1 Å². The van der Waals surface area contributed by atoms with Crippen LogP contribution in [-0.2, 0) is 14.3 Å². The number of fused-ring (bicyclic) bond motifs is 3. The molecule has 0 radical (unpaired) electrons. The van der Waals surface area contributed by atoms with E-state index in [0.29, 0.717) is 11.8 Å². The fourth-order valence-electron chi connectivity index (χ4n) is 7.27. The molecule has 2 aliphatic carbocycles. The lowest BCUT2D eigenvalue weighted by molar-refractivity contribution is -0.147. The van der Waals surface area contributed by atoms with Crippen molar-refractivity contribution >= 4 is 11.7 Å². The van der Waals surface area contributed by atoms with E-state index in [0.717, 1.165) is 52.2 Å². The zero-order chi connectivity index (χ0) is 20.3. The number of piperazine rings is 1. The number of hydrogen-bond donors (Lipinski definition) is 0. The average molecular weight is 411 g/mol. The number of anilines is 1. The van der Waals surface area contributed by atoms with Gasteiger partial charge in [0.25, 0.3) is 0 Å². The SMILES string of the molecule is C[C@]12CCC[C@]3(CO3)[C@H]1C[C@H]1[C@@H](C2)OC(=O)[C@@H]1CN1CCN(c2ccccc2)CC1. The largest absolute Gasteiger partial charge is 0.462 e. The summed E-state index contributed by atoms with van der Waals surface area (Å²) < 4.78 is 12.0. The predicted octanol–water partition coefficient (Wildman–Crippen LogP) is 3.34. The first-order chi connectivity index (χ1) is 14.6. The van der Waals surface area contributed by atoms with Gasteiger partial charge in [-0.25, -0.2) is 0 Å². The van der Waals surface area contributed by atoms with Gasteiger partial charge in [-0.2, -0.15) is 0 Å². The highest BCUT2D eigenvalue weighted by Crippen LogP contribution is 2.62. The Morgan fingerprint density at radius 2 is 1.87 bits per heavy atom. The summed E-state index contributed by atoms with van der Waals surface area (Å²) in [7, 11) is 0. The molecule has 5 fully saturated rings. The average Bonchev–Trinajstić information content (AvgIpc) is 3.46. The monoisotopic (exact) mass is 410 g/mol. The first kappa shape index (κ1) is 19.1. The minimum atomic E-state index is 0.0422. The first-order valence-corrected chi connectivity index (χ1v) is 11.9. The highest BCUT2D eigenvalue weighted by atomic mass is 16.6. The second-order valence-corrected chi connectivity index (χ2v) is 10.7. The number of carbonyl (C=O) groups is 1. The van der Waals surface area contributed by atoms with Crippen LogP contribution >= 0.6 is 0 Å². The molecule has 0 amide bonds. The van der Waals surface area contributed by atoms with Gasteiger partial charge in [0.2, 0.25) is 0 Å². The summed E-state index contributed by atoms with van der Waals surface area (Å²) in [5, 5.41) is 0. The number of benzene rings is 1. The maximum atomic E-state index is 12.9. The molecule has 162 valence electrons. The molecule has 0 unspecified atom stereocenters. The van der Waals surface area contributed by atoms with Gasteiger partial charge < -0.3 is 14.4 Å². The van der Waals surface area contributed by atoms with Crippen LogP contribution in [0, 0.1) is 23.2 Å². The minimum absolute atomic E-state index is 0.0422. The van der Waals surface area contributed by atoms with Crippen molar-refractivity contribution < 1.29 is 14.3 Å². The topological polar surface area (TPSA) is 45.3 Å². The second kappa shape index (κ2) is 6.96. The molecule has 30 heavy (non-hydrogen) atoms. The van der Waals surface area contributed by atoms with Crippen molar-refractivity contribution in [3.05, 3.63) is 30.3 Å². The smallest absolute Gasteiger partial charge is 0.310 e. The highest BCUT2D eigenvalue weighted by molar-refractivity contribution is 5.75. The van der Waals surface area contributed by atoms with E-state index >= 15 is 0 Å². The molecule has 3 heterocycles. The van der Waals surface area contributed by atoms with Crippen LogP contribution < -0.4 is 4.90 Å². The molecular weight excluding hydrogens is 376 g/mol. The number of carbonyl (C=O) groups excluding carboxylic acids is 1. The van der Waals surface area contributed by atoms with Crippen LogP contribution in [0.4, 0.5) is 5.69 Å².